The number of nitrogen functional groups attached to an aromatic ring is 1. The number of nitrogens with zero attached hydrogens (tertiary/aromatic N) is 3. The monoisotopic (exact) mass is 228 g/mol. The van der Waals surface area contributed by atoms with Gasteiger partial charge in [-0.05, 0) is 18.1 Å². The van der Waals surface area contributed by atoms with Crippen molar-refractivity contribution in [1.29, 1.82) is 0 Å². The molecule has 0 aliphatic rings. The van der Waals surface area contributed by atoms with Gasteiger partial charge in [-0.15, -0.1) is 0 Å². The number of nitrogens with two attached hydrogens (primary N) is 1. The average Bonchev–Trinajstić information content (AvgIpc) is 2.30. The van der Waals surface area contributed by atoms with Crippen molar-refractivity contribution in [2.75, 3.05) is 24.7 Å². The Morgan fingerprint density at radius 3 is 2.41 bits per heavy atom. The Hall–Kier alpha value is -2.10. The van der Waals surface area contributed by atoms with E-state index in [9.17, 15) is 0 Å². The summed E-state index contributed by atoms with van der Waals surface area (Å²) in [5.74, 6) is 1.14. The SMILES string of the molecule is Cc1ccccc1-c1cnc(N(C)C)nc1N. The second kappa shape index (κ2) is 4.41. The highest BCUT2D eigenvalue weighted by Crippen LogP contribution is 2.27. The largest absolute Gasteiger partial charge is 0.383 e. The van der Waals surface area contributed by atoms with Gasteiger partial charge in [-0.25, -0.2) is 4.98 Å². The van der Waals surface area contributed by atoms with Crippen LogP contribution in [0.25, 0.3) is 11.1 Å². The number of aromatic nitrogens is 2. The Morgan fingerprint density at radius 2 is 1.82 bits per heavy atom. The van der Waals surface area contributed by atoms with Crippen LogP contribution in [0.15, 0.2) is 30.5 Å². The highest BCUT2D eigenvalue weighted by atomic mass is 15.2. The van der Waals surface area contributed by atoms with Crippen molar-refractivity contribution in [1.82, 2.24) is 9.97 Å². The molecule has 2 aromatic rings. The summed E-state index contributed by atoms with van der Waals surface area (Å²) in [6.07, 6.45) is 1.78. The van der Waals surface area contributed by atoms with Crippen molar-refractivity contribution in [2.45, 2.75) is 6.92 Å². The van der Waals surface area contributed by atoms with E-state index in [0.29, 0.717) is 11.8 Å². The van der Waals surface area contributed by atoms with Gasteiger partial charge in [-0.1, -0.05) is 24.3 Å². The molecule has 2 N–H and O–H groups in total. The van der Waals surface area contributed by atoms with Crippen LogP contribution in [0.4, 0.5) is 11.8 Å². The molecule has 0 saturated heterocycles. The van der Waals surface area contributed by atoms with Crippen LogP contribution in [0.5, 0.6) is 0 Å². The van der Waals surface area contributed by atoms with E-state index in [-0.39, 0.29) is 0 Å². The molecule has 0 atom stereocenters. The summed E-state index contributed by atoms with van der Waals surface area (Å²) in [5.41, 5.74) is 9.11. The molecule has 1 heterocycles. The predicted molar refractivity (Wildman–Crippen MR) is 70.9 cm³/mol. The Bertz CT molecular complexity index is 535. The number of benzene rings is 1. The van der Waals surface area contributed by atoms with Crippen molar-refractivity contribution < 1.29 is 0 Å². The van der Waals surface area contributed by atoms with Crippen LogP contribution < -0.4 is 10.6 Å². The van der Waals surface area contributed by atoms with Gasteiger partial charge in [0.2, 0.25) is 5.95 Å². The smallest absolute Gasteiger partial charge is 0.226 e. The van der Waals surface area contributed by atoms with Crippen LogP contribution in [0.2, 0.25) is 0 Å². The van der Waals surface area contributed by atoms with Gasteiger partial charge >= 0.3 is 0 Å². The zero-order valence-corrected chi connectivity index (χ0v) is 10.3. The number of hydrogen-bond acceptors (Lipinski definition) is 4. The van der Waals surface area contributed by atoms with Gasteiger partial charge in [0.15, 0.2) is 0 Å². The fraction of sp³-hybridized carbons (Fsp3) is 0.231. The molecule has 0 fully saturated rings. The number of aryl methyl sites for hydroxylation is 1. The van der Waals surface area contributed by atoms with Gasteiger partial charge < -0.3 is 10.6 Å². The number of anilines is 2. The molecule has 0 spiro atoms. The zero-order valence-electron chi connectivity index (χ0n) is 10.3. The van der Waals surface area contributed by atoms with Crippen molar-refractivity contribution in [3.63, 3.8) is 0 Å². The quantitative estimate of drug-likeness (QED) is 0.855. The zero-order chi connectivity index (χ0) is 12.4. The Morgan fingerprint density at radius 1 is 1.12 bits per heavy atom. The lowest BCUT2D eigenvalue weighted by Gasteiger charge is -2.13. The summed E-state index contributed by atoms with van der Waals surface area (Å²) < 4.78 is 0. The molecule has 4 heteroatoms. The molecule has 0 aliphatic carbocycles. The molecule has 2 rings (SSSR count). The van der Waals surface area contributed by atoms with E-state index < -0.39 is 0 Å². The minimum Gasteiger partial charge on any atom is -0.383 e. The molecule has 88 valence electrons. The summed E-state index contributed by atoms with van der Waals surface area (Å²) in [4.78, 5) is 10.4. The summed E-state index contributed by atoms with van der Waals surface area (Å²) >= 11 is 0. The van der Waals surface area contributed by atoms with E-state index in [0.717, 1.165) is 11.1 Å². The first-order valence-electron chi connectivity index (χ1n) is 5.45. The minimum absolute atomic E-state index is 0.512. The van der Waals surface area contributed by atoms with Crippen molar-refractivity contribution in [3.8, 4) is 11.1 Å². The lowest BCUT2D eigenvalue weighted by molar-refractivity contribution is 1.00. The van der Waals surface area contributed by atoms with Crippen LogP contribution in [0, 0.1) is 6.92 Å². The maximum Gasteiger partial charge on any atom is 0.226 e. The van der Waals surface area contributed by atoms with E-state index in [1.54, 1.807) is 6.20 Å². The van der Waals surface area contributed by atoms with Crippen molar-refractivity contribution in [2.24, 2.45) is 0 Å². The molecule has 1 aromatic carbocycles. The number of rotatable bonds is 2. The Balaban J connectivity index is 2.51. The third-order valence-electron chi connectivity index (χ3n) is 2.64. The van der Waals surface area contributed by atoms with Gasteiger partial charge in [0, 0.05) is 25.9 Å². The molecule has 0 radical (unpaired) electrons. The van der Waals surface area contributed by atoms with Gasteiger partial charge in [-0.3, -0.25) is 0 Å². The lowest BCUT2D eigenvalue weighted by atomic mass is 10.0. The molecule has 0 unspecified atom stereocenters. The van der Waals surface area contributed by atoms with E-state index in [2.05, 4.69) is 23.0 Å². The van der Waals surface area contributed by atoms with Crippen molar-refractivity contribution >= 4 is 11.8 Å². The van der Waals surface area contributed by atoms with Gasteiger partial charge in [-0.2, -0.15) is 4.98 Å². The third-order valence-corrected chi connectivity index (χ3v) is 2.64. The molecule has 0 aliphatic heterocycles. The van der Waals surface area contributed by atoms with Gasteiger partial charge in [0.1, 0.15) is 5.82 Å². The first-order valence-corrected chi connectivity index (χ1v) is 5.45. The molecule has 0 saturated carbocycles. The fourth-order valence-corrected chi connectivity index (χ4v) is 1.68. The van der Waals surface area contributed by atoms with Gasteiger partial charge in [0.25, 0.3) is 0 Å². The third kappa shape index (κ3) is 2.20. The van der Waals surface area contributed by atoms with E-state index in [4.69, 9.17) is 5.73 Å². The van der Waals surface area contributed by atoms with Crippen molar-refractivity contribution in [3.05, 3.63) is 36.0 Å². The molecule has 0 amide bonds. The maximum atomic E-state index is 5.98. The van der Waals surface area contributed by atoms with E-state index in [1.165, 1.54) is 5.56 Å². The normalized spacial score (nSPS) is 10.3. The van der Waals surface area contributed by atoms with E-state index >= 15 is 0 Å². The average molecular weight is 228 g/mol. The van der Waals surface area contributed by atoms with Crippen LogP contribution in [-0.2, 0) is 0 Å². The fourth-order valence-electron chi connectivity index (χ4n) is 1.68. The second-order valence-electron chi connectivity index (χ2n) is 4.18. The standard InChI is InChI=1S/C13H16N4/c1-9-6-4-5-7-10(9)11-8-15-13(17(2)3)16-12(11)14/h4-8H,1-3H3,(H2,14,15,16). The highest BCUT2D eigenvalue weighted by Gasteiger charge is 2.09. The summed E-state index contributed by atoms with van der Waals surface area (Å²) in [5, 5.41) is 0. The summed E-state index contributed by atoms with van der Waals surface area (Å²) in [7, 11) is 3.78. The first-order chi connectivity index (χ1) is 8.09. The Kier molecular flexibility index (Phi) is 2.95. The molecule has 17 heavy (non-hydrogen) atoms. The van der Waals surface area contributed by atoms with Crippen LogP contribution in [0.1, 0.15) is 5.56 Å². The molecule has 0 bridgehead atoms. The van der Waals surface area contributed by atoms with Crippen LogP contribution in [0.3, 0.4) is 0 Å². The van der Waals surface area contributed by atoms with E-state index in [1.807, 2.05) is 37.2 Å². The predicted octanol–water partition coefficient (Wildman–Crippen LogP) is 2.10. The Labute approximate surface area is 101 Å². The highest BCUT2D eigenvalue weighted by molar-refractivity contribution is 5.76. The molecule has 4 nitrogen and oxygen atoms in total. The molecular formula is C13H16N4. The van der Waals surface area contributed by atoms with Gasteiger partial charge in [0.05, 0.1) is 0 Å². The summed E-state index contributed by atoms with van der Waals surface area (Å²) in [6.45, 7) is 2.05. The van der Waals surface area contributed by atoms with Crippen LogP contribution >= 0.6 is 0 Å². The topological polar surface area (TPSA) is 55.0 Å². The lowest BCUT2D eigenvalue weighted by Crippen LogP contribution is -2.13. The first kappa shape index (κ1) is 11.4. The second-order valence-corrected chi connectivity index (χ2v) is 4.18. The molecular weight excluding hydrogens is 212 g/mol. The minimum atomic E-state index is 0.512. The van der Waals surface area contributed by atoms with Crippen LogP contribution in [-0.4, -0.2) is 24.1 Å². The molecule has 1 aromatic heterocycles. The maximum absolute atomic E-state index is 5.98. The number of hydrogen-bond donors (Lipinski definition) is 1. The summed E-state index contributed by atoms with van der Waals surface area (Å²) in [6, 6.07) is 8.07.